The number of nitrogens with one attached hydrogen (secondary N) is 2. The number of fused-ring (bicyclic) bond motifs is 1. The van der Waals surface area contributed by atoms with Crippen LogP contribution >= 0.6 is 11.6 Å². The fourth-order valence-electron chi connectivity index (χ4n) is 3.57. The van der Waals surface area contributed by atoms with E-state index in [0.29, 0.717) is 16.3 Å². The molecule has 0 amide bonds. The van der Waals surface area contributed by atoms with Crippen molar-refractivity contribution >= 4 is 23.0 Å². The van der Waals surface area contributed by atoms with Crippen molar-refractivity contribution in [3.05, 3.63) is 88.2 Å². The molecule has 3 aromatic carbocycles. The SMILES string of the molecule is COc1cc(Cl)ccc1C1(Cc2ccc(C#N)cc2F)Nc2ccccc2N1. The molecule has 0 saturated carbocycles. The van der Waals surface area contributed by atoms with Crippen LogP contribution in [0.2, 0.25) is 5.02 Å². The predicted octanol–water partition coefficient (Wildman–Crippen LogP) is 5.29. The maximum atomic E-state index is 14.7. The summed E-state index contributed by atoms with van der Waals surface area (Å²) in [5, 5.41) is 16.6. The average molecular weight is 394 g/mol. The molecular formula is C22H17ClFN3O. The summed E-state index contributed by atoms with van der Waals surface area (Å²) in [6, 6.07) is 19.7. The van der Waals surface area contributed by atoms with E-state index in [1.165, 1.54) is 6.07 Å². The Morgan fingerprint density at radius 2 is 1.79 bits per heavy atom. The van der Waals surface area contributed by atoms with Gasteiger partial charge in [0.2, 0.25) is 0 Å². The molecule has 0 aliphatic carbocycles. The summed E-state index contributed by atoms with van der Waals surface area (Å²) in [5.41, 5.74) is 2.55. The number of methoxy groups -OCH3 is 1. The van der Waals surface area contributed by atoms with Crippen molar-refractivity contribution in [1.82, 2.24) is 0 Å². The first-order valence-electron chi connectivity index (χ1n) is 8.72. The normalized spacial score (nSPS) is 13.8. The van der Waals surface area contributed by atoms with Crippen LogP contribution in [0, 0.1) is 17.1 Å². The lowest BCUT2D eigenvalue weighted by molar-refractivity contribution is 0.396. The van der Waals surface area contributed by atoms with Gasteiger partial charge in [-0.15, -0.1) is 0 Å². The predicted molar refractivity (Wildman–Crippen MR) is 108 cm³/mol. The molecule has 4 rings (SSSR count). The van der Waals surface area contributed by atoms with Crippen LogP contribution in [0.25, 0.3) is 0 Å². The molecule has 140 valence electrons. The standard InChI is InChI=1S/C22H17ClFN3O/c1-28-21-11-16(23)8-9-17(21)22(26-19-4-2-3-5-20(19)27-22)12-15-7-6-14(13-25)10-18(15)24/h2-11,26-27H,12H2,1H3. The molecule has 0 saturated heterocycles. The Morgan fingerprint density at radius 1 is 1.07 bits per heavy atom. The number of benzene rings is 3. The molecule has 3 aromatic rings. The van der Waals surface area contributed by atoms with E-state index in [1.807, 2.05) is 36.4 Å². The van der Waals surface area contributed by atoms with E-state index in [1.54, 1.807) is 31.4 Å². The zero-order valence-corrected chi connectivity index (χ0v) is 15.8. The van der Waals surface area contributed by atoms with Gasteiger partial charge < -0.3 is 15.4 Å². The van der Waals surface area contributed by atoms with E-state index < -0.39 is 11.5 Å². The summed E-state index contributed by atoms with van der Waals surface area (Å²) in [7, 11) is 1.58. The Bertz CT molecular complexity index is 1070. The average Bonchev–Trinajstić information content (AvgIpc) is 3.08. The molecule has 1 heterocycles. The summed E-state index contributed by atoms with van der Waals surface area (Å²) in [6.07, 6.45) is 0.289. The van der Waals surface area contributed by atoms with Crippen LogP contribution in [0.1, 0.15) is 16.7 Å². The van der Waals surface area contributed by atoms with Crippen LogP contribution in [0.4, 0.5) is 15.8 Å². The smallest absolute Gasteiger partial charge is 0.142 e. The first-order chi connectivity index (χ1) is 13.5. The number of ether oxygens (including phenoxy) is 1. The van der Waals surface area contributed by atoms with Crippen LogP contribution in [0.15, 0.2) is 60.7 Å². The van der Waals surface area contributed by atoms with Gasteiger partial charge in [0.1, 0.15) is 17.2 Å². The largest absolute Gasteiger partial charge is 0.496 e. The van der Waals surface area contributed by atoms with Gasteiger partial charge in [-0.1, -0.05) is 29.8 Å². The minimum absolute atomic E-state index is 0.287. The Labute approximate surface area is 167 Å². The van der Waals surface area contributed by atoms with Gasteiger partial charge in [-0.2, -0.15) is 5.26 Å². The molecule has 0 aromatic heterocycles. The zero-order valence-electron chi connectivity index (χ0n) is 15.1. The van der Waals surface area contributed by atoms with Crippen molar-refractivity contribution in [1.29, 1.82) is 5.26 Å². The molecule has 0 radical (unpaired) electrons. The third-order valence-corrected chi connectivity index (χ3v) is 5.12. The summed E-state index contributed by atoms with van der Waals surface area (Å²) < 4.78 is 20.3. The number of nitriles is 1. The molecule has 6 heteroatoms. The fraction of sp³-hybridized carbons (Fsp3) is 0.136. The van der Waals surface area contributed by atoms with E-state index >= 15 is 0 Å². The van der Waals surface area contributed by atoms with Crippen molar-refractivity contribution in [2.75, 3.05) is 17.7 Å². The van der Waals surface area contributed by atoms with Gasteiger partial charge in [-0.05, 0) is 48.0 Å². The number of nitrogens with zero attached hydrogens (tertiary/aromatic N) is 1. The third kappa shape index (κ3) is 3.12. The van der Waals surface area contributed by atoms with Gasteiger partial charge in [0.25, 0.3) is 0 Å². The molecule has 2 N–H and O–H groups in total. The van der Waals surface area contributed by atoms with Gasteiger partial charge in [0.15, 0.2) is 0 Å². The first-order valence-corrected chi connectivity index (χ1v) is 9.10. The number of para-hydroxylation sites is 2. The second-order valence-corrected chi connectivity index (χ2v) is 7.08. The number of halogens is 2. The van der Waals surface area contributed by atoms with Crippen LogP contribution in [-0.2, 0) is 12.1 Å². The molecule has 28 heavy (non-hydrogen) atoms. The lowest BCUT2D eigenvalue weighted by Crippen LogP contribution is -2.41. The minimum atomic E-state index is -0.839. The Morgan fingerprint density at radius 3 is 2.39 bits per heavy atom. The van der Waals surface area contributed by atoms with E-state index in [2.05, 4.69) is 10.6 Å². The Kier molecular flexibility index (Phi) is 4.58. The van der Waals surface area contributed by atoms with Crippen LogP contribution in [0.5, 0.6) is 5.75 Å². The van der Waals surface area contributed by atoms with Crippen LogP contribution < -0.4 is 15.4 Å². The van der Waals surface area contributed by atoms with Gasteiger partial charge >= 0.3 is 0 Å². The molecule has 0 bridgehead atoms. The van der Waals surface area contributed by atoms with Crippen molar-refractivity contribution in [3.63, 3.8) is 0 Å². The molecule has 4 nitrogen and oxygen atoms in total. The van der Waals surface area contributed by atoms with Crippen molar-refractivity contribution in [2.45, 2.75) is 12.1 Å². The lowest BCUT2D eigenvalue weighted by atomic mass is 9.90. The van der Waals surface area contributed by atoms with Gasteiger partial charge in [0.05, 0.1) is 30.1 Å². The number of hydrogen-bond acceptors (Lipinski definition) is 4. The molecule has 0 spiro atoms. The van der Waals surface area contributed by atoms with Crippen molar-refractivity contribution in [2.24, 2.45) is 0 Å². The highest BCUT2D eigenvalue weighted by molar-refractivity contribution is 6.30. The third-order valence-electron chi connectivity index (χ3n) is 4.88. The van der Waals surface area contributed by atoms with E-state index in [4.69, 9.17) is 21.6 Å². The quantitative estimate of drug-likeness (QED) is 0.632. The zero-order chi connectivity index (χ0) is 19.7. The van der Waals surface area contributed by atoms with Crippen LogP contribution in [-0.4, -0.2) is 7.11 Å². The highest BCUT2D eigenvalue weighted by Crippen LogP contribution is 2.44. The summed E-state index contributed by atoms with van der Waals surface area (Å²) in [5.74, 6) is 0.167. The molecule has 0 fully saturated rings. The molecule has 1 aliphatic heterocycles. The second-order valence-electron chi connectivity index (χ2n) is 6.64. The molecular weight excluding hydrogens is 377 g/mol. The van der Waals surface area contributed by atoms with Crippen molar-refractivity contribution < 1.29 is 9.13 Å². The topological polar surface area (TPSA) is 57.1 Å². The molecule has 1 aliphatic rings. The first kappa shape index (κ1) is 18.1. The monoisotopic (exact) mass is 393 g/mol. The summed E-state index contributed by atoms with van der Waals surface area (Å²) in [4.78, 5) is 0. The fourth-order valence-corrected chi connectivity index (χ4v) is 3.74. The second kappa shape index (κ2) is 7.06. The summed E-state index contributed by atoms with van der Waals surface area (Å²) >= 11 is 6.14. The Hall–Kier alpha value is -3.23. The van der Waals surface area contributed by atoms with E-state index in [-0.39, 0.29) is 12.0 Å². The van der Waals surface area contributed by atoms with Crippen molar-refractivity contribution in [3.8, 4) is 11.8 Å². The Balaban J connectivity index is 1.84. The van der Waals surface area contributed by atoms with Gasteiger partial charge in [-0.25, -0.2) is 4.39 Å². The maximum Gasteiger partial charge on any atom is 0.142 e. The minimum Gasteiger partial charge on any atom is -0.496 e. The summed E-state index contributed by atoms with van der Waals surface area (Å²) in [6.45, 7) is 0. The maximum absolute atomic E-state index is 14.7. The molecule has 0 atom stereocenters. The lowest BCUT2D eigenvalue weighted by Gasteiger charge is -2.33. The number of hydrogen-bond donors (Lipinski definition) is 2. The highest BCUT2D eigenvalue weighted by atomic mass is 35.5. The highest BCUT2D eigenvalue weighted by Gasteiger charge is 2.40. The molecule has 0 unspecified atom stereocenters. The number of rotatable bonds is 4. The van der Waals surface area contributed by atoms with Crippen LogP contribution in [0.3, 0.4) is 0 Å². The van der Waals surface area contributed by atoms with E-state index in [9.17, 15) is 4.39 Å². The number of anilines is 2. The van der Waals surface area contributed by atoms with Gasteiger partial charge in [0, 0.05) is 17.0 Å². The van der Waals surface area contributed by atoms with E-state index in [0.717, 1.165) is 16.9 Å². The van der Waals surface area contributed by atoms with Gasteiger partial charge in [-0.3, -0.25) is 0 Å².